The summed E-state index contributed by atoms with van der Waals surface area (Å²) in [5.41, 5.74) is 0.283. The molecule has 26 heavy (non-hydrogen) atoms. The van der Waals surface area contributed by atoms with E-state index >= 15 is 0 Å². The zero-order valence-electron chi connectivity index (χ0n) is 15.2. The number of ether oxygens (including phenoxy) is 1. The highest BCUT2D eigenvalue weighted by Crippen LogP contribution is 2.32. The van der Waals surface area contributed by atoms with Crippen LogP contribution in [0.2, 0.25) is 0 Å². The monoisotopic (exact) mass is 367 g/mol. The number of urea groups is 1. The van der Waals surface area contributed by atoms with Crippen molar-refractivity contribution in [3.8, 4) is 0 Å². The standard InChI is InChI=1S/C19H27F2N3O2/c1-26-10-2-7-23-8-5-14-12-24(13-15(14)6-9-23)19(25)22-16-3-4-17(20)18(21)11-16/h3-4,11,14-15H,2,5-10,12-13H2,1H3,(H,22,25)/t14-,15+. The first-order valence-electron chi connectivity index (χ1n) is 9.29. The smallest absolute Gasteiger partial charge is 0.321 e. The minimum absolute atomic E-state index is 0.235. The lowest BCUT2D eigenvalue weighted by Crippen LogP contribution is -2.34. The van der Waals surface area contributed by atoms with Crippen LogP contribution < -0.4 is 5.32 Å². The Morgan fingerprint density at radius 1 is 1.19 bits per heavy atom. The number of carbonyl (C=O) groups is 1. The highest BCUT2D eigenvalue weighted by atomic mass is 19.2. The first-order chi connectivity index (χ1) is 12.6. The van der Waals surface area contributed by atoms with E-state index in [2.05, 4.69) is 10.2 Å². The highest BCUT2D eigenvalue weighted by Gasteiger charge is 2.36. The van der Waals surface area contributed by atoms with E-state index in [1.165, 1.54) is 6.07 Å². The van der Waals surface area contributed by atoms with Gasteiger partial charge in [-0.25, -0.2) is 13.6 Å². The maximum absolute atomic E-state index is 13.3. The molecule has 5 nitrogen and oxygen atoms in total. The van der Waals surface area contributed by atoms with Gasteiger partial charge in [-0.2, -0.15) is 0 Å². The van der Waals surface area contributed by atoms with Gasteiger partial charge in [0, 0.05) is 45.1 Å². The van der Waals surface area contributed by atoms with E-state index < -0.39 is 11.6 Å². The van der Waals surface area contributed by atoms with Crippen molar-refractivity contribution < 1.29 is 18.3 Å². The second-order valence-electron chi connectivity index (χ2n) is 7.25. The van der Waals surface area contributed by atoms with Crippen LogP contribution in [0, 0.1) is 23.5 Å². The molecule has 0 aromatic heterocycles. The van der Waals surface area contributed by atoms with E-state index in [9.17, 15) is 13.6 Å². The van der Waals surface area contributed by atoms with Crippen LogP contribution in [-0.2, 0) is 4.74 Å². The summed E-state index contributed by atoms with van der Waals surface area (Å²) in [6.45, 7) is 5.43. The fraction of sp³-hybridized carbons (Fsp3) is 0.632. The molecule has 0 spiro atoms. The predicted molar refractivity (Wildman–Crippen MR) is 96.1 cm³/mol. The lowest BCUT2D eigenvalue weighted by atomic mass is 9.92. The molecule has 2 saturated heterocycles. The van der Waals surface area contributed by atoms with E-state index in [4.69, 9.17) is 4.74 Å². The second kappa shape index (κ2) is 8.77. The molecule has 0 radical (unpaired) electrons. The molecule has 2 aliphatic rings. The van der Waals surface area contributed by atoms with E-state index in [1.807, 2.05) is 0 Å². The van der Waals surface area contributed by atoms with Gasteiger partial charge < -0.3 is 19.9 Å². The summed E-state index contributed by atoms with van der Waals surface area (Å²) < 4.78 is 31.4. The molecule has 0 unspecified atom stereocenters. The molecule has 144 valence electrons. The summed E-state index contributed by atoms with van der Waals surface area (Å²) >= 11 is 0. The van der Waals surface area contributed by atoms with Crippen LogP contribution in [-0.4, -0.2) is 62.3 Å². The van der Waals surface area contributed by atoms with Crippen LogP contribution in [0.15, 0.2) is 18.2 Å². The van der Waals surface area contributed by atoms with Gasteiger partial charge in [0.2, 0.25) is 0 Å². The van der Waals surface area contributed by atoms with E-state index in [0.717, 1.165) is 70.7 Å². The van der Waals surface area contributed by atoms with E-state index in [0.29, 0.717) is 11.8 Å². The van der Waals surface area contributed by atoms with Crippen LogP contribution in [0.3, 0.4) is 0 Å². The van der Waals surface area contributed by atoms with Crippen molar-refractivity contribution in [3.63, 3.8) is 0 Å². The average Bonchev–Trinajstić information content (AvgIpc) is 2.94. The molecule has 7 heteroatoms. The van der Waals surface area contributed by atoms with Gasteiger partial charge in [-0.05, 0) is 56.3 Å². The maximum Gasteiger partial charge on any atom is 0.321 e. The molecule has 2 heterocycles. The number of carbonyl (C=O) groups excluding carboxylic acids is 1. The third kappa shape index (κ3) is 4.71. The molecule has 0 aliphatic carbocycles. The summed E-state index contributed by atoms with van der Waals surface area (Å²) in [6.07, 6.45) is 3.23. The zero-order chi connectivity index (χ0) is 18.5. The summed E-state index contributed by atoms with van der Waals surface area (Å²) in [6, 6.07) is 3.18. The molecular weight excluding hydrogens is 340 g/mol. The quantitative estimate of drug-likeness (QED) is 0.813. The van der Waals surface area contributed by atoms with Gasteiger partial charge in [0.05, 0.1) is 0 Å². The first-order valence-corrected chi connectivity index (χ1v) is 9.29. The molecule has 2 aliphatic heterocycles. The van der Waals surface area contributed by atoms with Gasteiger partial charge in [0.15, 0.2) is 11.6 Å². The first kappa shape index (κ1) is 19.0. The predicted octanol–water partition coefficient (Wildman–Crippen LogP) is 3.18. The van der Waals surface area contributed by atoms with Gasteiger partial charge in [-0.15, -0.1) is 0 Å². The van der Waals surface area contributed by atoms with Gasteiger partial charge in [0.25, 0.3) is 0 Å². The maximum atomic E-state index is 13.3. The minimum atomic E-state index is -0.956. The molecule has 1 aromatic rings. The SMILES string of the molecule is COCCCN1CC[C@@H]2CN(C(=O)Nc3ccc(F)c(F)c3)C[C@@H]2CC1. The summed E-state index contributed by atoms with van der Waals surface area (Å²) in [7, 11) is 1.73. The Balaban J connectivity index is 1.49. The average molecular weight is 367 g/mol. The molecule has 1 aromatic carbocycles. The number of amides is 2. The lowest BCUT2D eigenvalue weighted by molar-refractivity contribution is 0.171. The van der Waals surface area contributed by atoms with Gasteiger partial charge in [-0.3, -0.25) is 0 Å². The fourth-order valence-electron chi connectivity index (χ4n) is 4.00. The Labute approximate surface area is 153 Å². The number of hydrogen-bond donors (Lipinski definition) is 1. The number of nitrogens with one attached hydrogen (secondary N) is 1. The van der Waals surface area contributed by atoms with Crippen LogP contribution in [0.5, 0.6) is 0 Å². The van der Waals surface area contributed by atoms with Crippen LogP contribution in [0.25, 0.3) is 0 Å². The van der Waals surface area contributed by atoms with Gasteiger partial charge >= 0.3 is 6.03 Å². The zero-order valence-corrected chi connectivity index (χ0v) is 15.2. The normalized spacial score (nSPS) is 23.6. The van der Waals surface area contributed by atoms with Crippen molar-refractivity contribution >= 4 is 11.7 Å². The lowest BCUT2D eigenvalue weighted by Gasteiger charge is -2.22. The number of rotatable bonds is 5. The summed E-state index contributed by atoms with van der Waals surface area (Å²) in [5.74, 6) is -0.847. The van der Waals surface area contributed by atoms with E-state index in [1.54, 1.807) is 12.0 Å². The van der Waals surface area contributed by atoms with Gasteiger partial charge in [-0.1, -0.05) is 0 Å². The Morgan fingerprint density at radius 3 is 2.50 bits per heavy atom. The van der Waals surface area contributed by atoms with Crippen LogP contribution in [0.4, 0.5) is 19.3 Å². The second-order valence-corrected chi connectivity index (χ2v) is 7.25. The molecule has 0 saturated carbocycles. The van der Waals surface area contributed by atoms with Gasteiger partial charge in [0.1, 0.15) is 0 Å². The Bertz CT molecular complexity index is 613. The Kier molecular flexibility index (Phi) is 6.43. The number of methoxy groups -OCH3 is 1. The number of fused-ring (bicyclic) bond motifs is 1. The Hall–Kier alpha value is -1.73. The fourth-order valence-corrected chi connectivity index (χ4v) is 4.00. The molecule has 1 N–H and O–H groups in total. The van der Waals surface area contributed by atoms with Crippen molar-refractivity contribution in [1.82, 2.24) is 9.80 Å². The number of nitrogens with zero attached hydrogens (tertiary/aromatic N) is 2. The molecule has 2 amide bonds. The molecule has 3 rings (SSSR count). The van der Waals surface area contributed by atoms with E-state index in [-0.39, 0.29) is 11.7 Å². The highest BCUT2D eigenvalue weighted by molar-refractivity contribution is 5.89. The topological polar surface area (TPSA) is 44.8 Å². The van der Waals surface area contributed by atoms with Crippen molar-refractivity contribution in [3.05, 3.63) is 29.8 Å². The summed E-state index contributed by atoms with van der Waals surface area (Å²) in [5, 5.41) is 2.68. The third-order valence-electron chi connectivity index (χ3n) is 5.49. The molecule has 0 bridgehead atoms. The number of halogens is 2. The molecule has 2 fully saturated rings. The van der Waals surface area contributed by atoms with Crippen molar-refractivity contribution in [2.24, 2.45) is 11.8 Å². The number of hydrogen-bond acceptors (Lipinski definition) is 3. The largest absolute Gasteiger partial charge is 0.385 e. The van der Waals surface area contributed by atoms with Crippen molar-refractivity contribution in [2.45, 2.75) is 19.3 Å². The Morgan fingerprint density at radius 2 is 1.88 bits per heavy atom. The van der Waals surface area contributed by atoms with Crippen LogP contribution >= 0.6 is 0 Å². The molecular formula is C19H27F2N3O2. The number of anilines is 1. The summed E-state index contributed by atoms with van der Waals surface area (Å²) in [4.78, 5) is 16.7. The minimum Gasteiger partial charge on any atom is -0.385 e. The van der Waals surface area contributed by atoms with Crippen LogP contribution in [0.1, 0.15) is 19.3 Å². The van der Waals surface area contributed by atoms with Crippen molar-refractivity contribution in [2.75, 3.05) is 51.8 Å². The molecule has 2 atom stereocenters. The van der Waals surface area contributed by atoms with Crippen molar-refractivity contribution in [1.29, 1.82) is 0 Å². The number of likely N-dealkylation sites (tertiary alicyclic amines) is 2. The third-order valence-corrected chi connectivity index (χ3v) is 5.49. The number of benzene rings is 1.